The van der Waals surface area contributed by atoms with E-state index in [1.54, 1.807) is 0 Å². The molecule has 1 N–H and O–H groups in total. The minimum absolute atomic E-state index is 0.0269. The summed E-state index contributed by atoms with van der Waals surface area (Å²) in [5.41, 5.74) is 0.224. The van der Waals surface area contributed by atoms with Crippen LogP contribution in [0, 0.1) is 0 Å². The Morgan fingerprint density at radius 3 is 2.37 bits per heavy atom. The highest BCUT2D eigenvalue weighted by Crippen LogP contribution is 2.33. The summed E-state index contributed by atoms with van der Waals surface area (Å²) in [6, 6.07) is 9.75. The van der Waals surface area contributed by atoms with Gasteiger partial charge in [-0.2, -0.15) is 0 Å². The Hall–Kier alpha value is -1.55. The van der Waals surface area contributed by atoms with Crippen molar-refractivity contribution in [3.63, 3.8) is 0 Å². The molecule has 1 aromatic carbocycles. The lowest BCUT2D eigenvalue weighted by Gasteiger charge is -2.41. The molecule has 0 spiro atoms. The van der Waals surface area contributed by atoms with E-state index in [4.69, 9.17) is 9.47 Å². The zero-order valence-electron chi connectivity index (χ0n) is 11.7. The number of nitrogens with one attached hydrogen (secondary N) is 1. The Morgan fingerprint density at radius 1 is 1.26 bits per heavy atom. The molecule has 4 heteroatoms. The highest BCUT2D eigenvalue weighted by Gasteiger charge is 2.45. The molecule has 4 nitrogen and oxygen atoms in total. The molecule has 0 saturated carbocycles. The maximum absolute atomic E-state index is 12.2. The summed E-state index contributed by atoms with van der Waals surface area (Å²) < 4.78 is 10.7. The van der Waals surface area contributed by atoms with E-state index in [2.05, 4.69) is 5.32 Å². The standard InChI is InChI=1S/C15H21NO3/c1-11-9-15(14(17)18-3,10-12(2)19-11)16-13-7-5-4-6-8-13/h4-8,11-12,16H,9-10H2,1-3H3. The van der Waals surface area contributed by atoms with Crippen molar-refractivity contribution in [2.75, 3.05) is 12.4 Å². The molecule has 1 aliphatic rings. The molecule has 0 aliphatic carbocycles. The molecule has 2 atom stereocenters. The van der Waals surface area contributed by atoms with Gasteiger partial charge in [0, 0.05) is 18.5 Å². The minimum Gasteiger partial charge on any atom is -0.467 e. The van der Waals surface area contributed by atoms with Crippen LogP contribution < -0.4 is 5.32 Å². The van der Waals surface area contributed by atoms with Gasteiger partial charge in [-0.1, -0.05) is 18.2 Å². The smallest absolute Gasteiger partial charge is 0.331 e. The maximum Gasteiger partial charge on any atom is 0.331 e. The molecule has 0 radical (unpaired) electrons. The highest BCUT2D eigenvalue weighted by molar-refractivity contribution is 5.84. The predicted octanol–water partition coefficient (Wildman–Crippen LogP) is 2.60. The van der Waals surface area contributed by atoms with Crippen LogP contribution in [-0.4, -0.2) is 30.8 Å². The van der Waals surface area contributed by atoms with E-state index >= 15 is 0 Å². The van der Waals surface area contributed by atoms with Gasteiger partial charge in [0.25, 0.3) is 0 Å². The Bertz CT molecular complexity index is 422. The summed E-state index contributed by atoms with van der Waals surface area (Å²) in [6.07, 6.45) is 1.27. The lowest BCUT2D eigenvalue weighted by atomic mass is 9.83. The quantitative estimate of drug-likeness (QED) is 0.852. The maximum atomic E-state index is 12.2. The summed E-state index contributed by atoms with van der Waals surface area (Å²) in [4.78, 5) is 12.2. The summed E-state index contributed by atoms with van der Waals surface area (Å²) in [5.74, 6) is -0.224. The van der Waals surface area contributed by atoms with Gasteiger partial charge in [-0.05, 0) is 26.0 Å². The SMILES string of the molecule is COC(=O)C1(Nc2ccccc2)CC(C)OC(C)C1. The van der Waals surface area contributed by atoms with E-state index in [0.29, 0.717) is 12.8 Å². The summed E-state index contributed by atoms with van der Waals surface area (Å²) in [7, 11) is 1.43. The number of benzene rings is 1. The molecule has 0 amide bonds. The average molecular weight is 263 g/mol. The third kappa shape index (κ3) is 3.07. The Morgan fingerprint density at radius 2 is 1.84 bits per heavy atom. The van der Waals surface area contributed by atoms with Gasteiger partial charge < -0.3 is 14.8 Å². The predicted molar refractivity (Wildman–Crippen MR) is 74.1 cm³/mol. The first-order valence-electron chi connectivity index (χ1n) is 6.63. The molecule has 1 saturated heterocycles. The first-order chi connectivity index (χ1) is 9.05. The summed E-state index contributed by atoms with van der Waals surface area (Å²) in [6.45, 7) is 3.97. The highest BCUT2D eigenvalue weighted by atomic mass is 16.5. The second kappa shape index (κ2) is 5.61. The Balaban J connectivity index is 2.27. The van der Waals surface area contributed by atoms with Gasteiger partial charge in [0.2, 0.25) is 0 Å². The van der Waals surface area contributed by atoms with Crippen LogP contribution in [0.2, 0.25) is 0 Å². The summed E-state index contributed by atoms with van der Waals surface area (Å²) in [5, 5.41) is 3.35. The van der Waals surface area contributed by atoms with E-state index < -0.39 is 5.54 Å². The van der Waals surface area contributed by atoms with Crippen molar-refractivity contribution in [2.24, 2.45) is 0 Å². The zero-order chi connectivity index (χ0) is 13.9. The summed E-state index contributed by atoms with van der Waals surface area (Å²) >= 11 is 0. The van der Waals surface area contributed by atoms with Gasteiger partial charge in [-0.25, -0.2) is 4.79 Å². The van der Waals surface area contributed by atoms with E-state index in [-0.39, 0.29) is 18.2 Å². The molecular weight excluding hydrogens is 242 g/mol. The van der Waals surface area contributed by atoms with Crippen molar-refractivity contribution in [3.05, 3.63) is 30.3 Å². The van der Waals surface area contributed by atoms with Gasteiger partial charge in [0.05, 0.1) is 19.3 Å². The molecular formula is C15H21NO3. The first kappa shape index (κ1) is 13.9. The molecule has 1 aromatic rings. The fraction of sp³-hybridized carbons (Fsp3) is 0.533. The van der Waals surface area contributed by atoms with Crippen LogP contribution in [0.4, 0.5) is 5.69 Å². The fourth-order valence-corrected chi connectivity index (χ4v) is 2.87. The zero-order valence-corrected chi connectivity index (χ0v) is 11.7. The molecule has 2 rings (SSSR count). The molecule has 2 unspecified atom stereocenters. The number of hydrogen-bond donors (Lipinski definition) is 1. The van der Waals surface area contributed by atoms with Crippen LogP contribution in [0.5, 0.6) is 0 Å². The van der Waals surface area contributed by atoms with Crippen LogP contribution in [0.1, 0.15) is 26.7 Å². The molecule has 0 bridgehead atoms. The van der Waals surface area contributed by atoms with Gasteiger partial charge in [-0.3, -0.25) is 0 Å². The van der Waals surface area contributed by atoms with Crippen LogP contribution in [0.15, 0.2) is 30.3 Å². The molecule has 1 heterocycles. The molecule has 19 heavy (non-hydrogen) atoms. The monoisotopic (exact) mass is 263 g/mol. The number of carbonyl (C=O) groups is 1. The third-order valence-electron chi connectivity index (χ3n) is 3.47. The van der Waals surface area contributed by atoms with Crippen LogP contribution >= 0.6 is 0 Å². The van der Waals surface area contributed by atoms with Gasteiger partial charge >= 0.3 is 5.97 Å². The number of esters is 1. The Labute approximate surface area is 114 Å². The molecule has 1 fully saturated rings. The number of methoxy groups -OCH3 is 1. The van der Waals surface area contributed by atoms with Gasteiger partial charge in [0.15, 0.2) is 0 Å². The lowest BCUT2D eigenvalue weighted by molar-refractivity contribution is -0.154. The van der Waals surface area contributed by atoms with Crippen LogP contribution in [0.25, 0.3) is 0 Å². The van der Waals surface area contributed by atoms with Crippen molar-refractivity contribution in [1.29, 1.82) is 0 Å². The van der Waals surface area contributed by atoms with E-state index in [0.717, 1.165) is 5.69 Å². The topological polar surface area (TPSA) is 47.6 Å². The number of para-hydroxylation sites is 1. The third-order valence-corrected chi connectivity index (χ3v) is 3.47. The average Bonchev–Trinajstić information content (AvgIpc) is 2.37. The van der Waals surface area contributed by atoms with E-state index in [9.17, 15) is 4.79 Å². The number of anilines is 1. The van der Waals surface area contributed by atoms with Crippen molar-refractivity contribution < 1.29 is 14.3 Å². The van der Waals surface area contributed by atoms with Crippen molar-refractivity contribution in [1.82, 2.24) is 0 Å². The number of rotatable bonds is 3. The lowest BCUT2D eigenvalue weighted by Crippen LogP contribution is -2.55. The number of ether oxygens (including phenoxy) is 2. The fourth-order valence-electron chi connectivity index (χ4n) is 2.87. The number of carbonyl (C=O) groups excluding carboxylic acids is 1. The van der Waals surface area contributed by atoms with Crippen molar-refractivity contribution in [3.8, 4) is 0 Å². The van der Waals surface area contributed by atoms with Gasteiger partial charge in [-0.15, -0.1) is 0 Å². The van der Waals surface area contributed by atoms with Crippen LogP contribution in [0.3, 0.4) is 0 Å². The van der Waals surface area contributed by atoms with Crippen LogP contribution in [-0.2, 0) is 14.3 Å². The molecule has 1 aliphatic heterocycles. The minimum atomic E-state index is -0.701. The van der Waals surface area contributed by atoms with Crippen molar-refractivity contribution >= 4 is 11.7 Å². The van der Waals surface area contributed by atoms with E-state index in [1.807, 2.05) is 44.2 Å². The molecule has 104 valence electrons. The second-order valence-corrected chi connectivity index (χ2v) is 5.23. The Kier molecular flexibility index (Phi) is 4.10. The largest absolute Gasteiger partial charge is 0.467 e. The van der Waals surface area contributed by atoms with Gasteiger partial charge in [0.1, 0.15) is 5.54 Å². The normalized spacial score (nSPS) is 30.7. The van der Waals surface area contributed by atoms with Crippen molar-refractivity contribution in [2.45, 2.75) is 44.4 Å². The first-order valence-corrected chi connectivity index (χ1v) is 6.63. The molecule has 0 aromatic heterocycles. The van der Waals surface area contributed by atoms with E-state index in [1.165, 1.54) is 7.11 Å². The second-order valence-electron chi connectivity index (χ2n) is 5.23. The number of hydrogen-bond acceptors (Lipinski definition) is 4.